The first-order valence-corrected chi connectivity index (χ1v) is 4.11. The van der Waals surface area contributed by atoms with Crippen LogP contribution < -0.4 is 0 Å². The van der Waals surface area contributed by atoms with Crippen LogP contribution in [0.15, 0.2) is 24.3 Å². The van der Waals surface area contributed by atoms with Crippen molar-refractivity contribution in [2.75, 3.05) is 13.7 Å². The number of nitrogens with zero attached hydrogens (tertiary/aromatic N) is 1. The average molecular weight is 178 g/mol. The summed E-state index contributed by atoms with van der Waals surface area (Å²) in [7, 11) is 1.48. The quantitative estimate of drug-likeness (QED) is 0.656. The van der Waals surface area contributed by atoms with Crippen LogP contribution in [0.2, 0.25) is 0 Å². The number of hydrogen-bond donors (Lipinski definition) is 0. The highest BCUT2D eigenvalue weighted by molar-refractivity contribution is 5.93. The lowest BCUT2D eigenvalue weighted by molar-refractivity contribution is -0.0915. The maximum atomic E-state index is 11.6. The first kappa shape index (κ1) is 9.74. The van der Waals surface area contributed by atoms with Crippen LogP contribution in [0.4, 0.5) is 0 Å². The number of benzene rings is 1. The predicted molar refractivity (Wildman–Crippen MR) is 49.0 cm³/mol. The van der Waals surface area contributed by atoms with Crippen LogP contribution in [0, 0.1) is 6.07 Å². The molecule has 0 aromatic heterocycles. The second-order valence-electron chi connectivity index (χ2n) is 2.47. The molecule has 1 aromatic rings. The van der Waals surface area contributed by atoms with E-state index < -0.39 is 0 Å². The number of carbonyl (C=O) groups excluding carboxylic acids is 1. The maximum Gasteiger partial charge on any atom is 0.277 e. The molecule has 69 valence electrons. The van der Waals surface area contributed by atoms with Crippen molar-refractivity contribution in [3.63, 3.8) is 0 Å². The van der Waals surface area contributed by atoms with Crippen molar-refractivity contribution in [2.45, 2.75) is 6.92 Å². The highest BCUT2D eigenvalue weighted by Gasteiger charge is 2.12. The van der Waals surface area contributed by atoms with E-state index in [9.17, 15) is 4.79 Å². The fourth-order valence-electron chi connectivity index (χ4n) is 1.03. The van der Waals surface area contributed by atoms with Crippen molar-refractivity contribution in [3.8, 4) is 0 Å². The van der Waals surface area contributed by atoms with Crippen molar-refractivity contribution in [1.82, 2.24) is 5.06 Å². The van der Waals surface area contributed by atoms with E-state index in [0.29, 0.717) is 12.1 Å². The van der Waals surface area contributed by atoms with Crippen molar-refractivity contribution < 1.29 is 9.63 Å². The summed E-state index contributed by atoms with van der Waals surface area (Å²) in [5.74, 6) is -0.126. The van der Waals surface area contributed by atoms with Crippen LogP contribution in [0.5, 0.6) is 0 Å². The van der Waals surface area contributed by atoms with Crippen molar-refractivity contribution in [2.24, 2.45) is 0 Å². The van der Waals surface area contributed by atoms with E-state index >= 15 is 0 Å². The Morgan fingerprint density at radius 2 is 2.15 bits per heavy atom. The van der Waals surface area contributed by atoms with Gasteiger partial charge in [-0.3, -0.25) is 9.63 Å². The van der Waals surface area contributed by atoms with Gasteiger partial charge in [-0.05, 0) is 25.1 Å². The smallest absolute Gasteiger partial charge is 0.274 e. The molecule has 0 spiro atoms. The van der Waals surface area contributed by atoms with Crippen LogP contribution in [0.1, 0.15) is 17.3 Å². The minimum absolute atomic E-state index is 0.126. The Labute approximate surface area is 77.9 Å². The highest BCUT2D eigenvalue weighted by Crippen LogP contribution is 2.03. The Bertz CT molecular complexity index is 268. The number of hydroxylamine groups is 2. The van der Waals surface area contributed by atoms with Crippen molar-refractivity contribution in [1.29, 1.82) is 0 Å². The van der Waals surface area contributed by atoms with Gasteiger partial charge in [0.2, 0.25) is 0 Å². The summed E-state index contributed by atoms with van der Waals surface area (Å²) >= 11 is 0. The molecule has 0 saturated heterocycles. The number of carbonyl (C=O) groups is 1. The Balaban J connectivity index is 2.78. The average Bonchev–Trinajstić information content (AvgIpc) is 2.21. The summed E-state index contributed by atoms with van der Waals surface area (Å²) in [6.45, 7) is 2.39. The third-order valence-corrected chi connectivity index (χ3v) is 1.70. The van der Waals surface area contributed by atoms with Gasteiger partial charge in [0, 0.05) is 12.1 Å². The molecule has 0 aliphatic carbocycles. The minimum atomic E-state index is -0.126. The SMILES string of the molecule is CCN(OC)C(=O)c1cc[c]cc1. The van der Waals surface area contributed by atoms with Crippen molar-refractivity contribution >= 4 is 5.91 Å². The standard InChI is InChI=1S/C10H12NO2/c1-3-11(13-2)10(12)9-7-5-4-6-8-9/h5-8H,3H2,1-2H3. The van der Waals surface area contributed by atoms with Crippen LogP contribution in [-0.4, -0.2) is 24.6 Å². The minimum Gasteiger partial charge on any atom is -0.274 e. The maximum absolute atomic E-state index is 11.6. The zero-order valence-corrected chi connectivity index (χ0v) is 7.78. The number of hydrogen-bond acceptors (Lipinski definition) is 2. The van der Waals surface area contributed by atoms with E-state index in [-0.39, 0.29) is 5.91 Å². The molecule has 3 nitrogen and oxygen atoms in total. The molecule has 0 N–H and O–H groups in total. The van der Waals surface area contributed by atoms with Crippen LogP contribution in [0.25, 0.3) is 0 Å². The molecule has 0 fully saturated rings. The first-order valence-electron chi connectivity index (χ1n) is 4.11. The van der Waals surface area contributed by atoms with Crippen LogP contribution in [-0.2, 0) is 4.84 Å². The molecule has 0 bridgehead atoms. The Hall–Kier alpha value is -1.35. The molecule has 1 aromatic carbocycles. The lowest BCUT2D eigenvalue weighted by Gasteiger charge is -2.16. The van der Waals surface area contributed by atoms with Gasteiger partial charge in [0.1, 0.15) is 0 Å². The molecule has 0 aliphatic heterocycles. The predicted octanol–water partition coefficient (Wildman–Crippen LogP) is 1.51. The fourth-order valence-corrected chi connectivity index (χ4v) is 1.03. The lowest BCUT2D eigenvalue weighted by Crippen LogP contribution is -2.29. The molecule has 1 amide bonds. The van der Waals surface area contributed by atoms with Gasteiger partial charge in [0.25, 0.3) is 5.91 Å². The first-order chi connectivity index (χ1) is 6.29. The second-order valence-corrected chi connectivity index (χ2v) is 2.47. The van der Waals surface area contributed by atoms with E-state index in [4.69, 9.17) is 4.84 Å². The Kier molecular flexibility index (Phi) is 3.46. The summed E-state index contributed by atoms with van der Waals surface area (Å²) < 4.78 is 0. The van der Waals surface area contributed by atoms with Gasteiger partial charge in [0.05, 0.1) is 7.11 Å². The van der Waals surface area contributed by atoms with Gasteiger partial charge in [0.15, 0.2) is 0 Å². The monoisotopic (exact) mass is 178 g/mol. The largest absolute Gasteiger partial charge is 0.277 e. The summed E-state index contributed by atoms with van der Waals surface area (Å²) in [5.41, 5.74) is 0.613. The topological polar surface area (TPSA) is 29.5 Å². The normalized spacial score (nSPS) is 9.69. The highest BCUT2D eigenvalue weighted by atomic mass is 16.7. The summed E-state index contributed by atoms with van der Waals surface area (Å²) in [5, 5.41) is 1.30. The van der Waals surface area contributed by atoms with Gasteiger partial charge in [-0.15, -0.1) is 0 Å². The molecule has 13 heavy (non-hydrogen) atoms. The third kappa shape index (κ3) is 2.29. The third-order valence-electron chi connectivity index (χ3n) is 1.70. The number of rotatable bonds is 3. The Morgan fingerprint density at radius 1 is 1.54 bits per heavy atom. The van der Waals surface area contributed by atoms with Gasteiger partial charge in [-0.25, -0.2) is 5.06 Å². The summed E-state index contributed by atoms with van der Waals surface area (Å²) in [4.78, 5) is 16.5. The molecule has 1 radical (unpaired) electrons. The van der Waals surface area contributed by atoms with E-state index in [0.717, 1.165) is 0 Å². The van der Waals surface area contributed by atoms with Gasteiger partial charge in [-0.1, -0.05) is 12.1 Å². The van der Waals surface area contributed by atoms with Gasteiger partial charge >= 0.3 is 0 Å². The summed E-state index contributed by atoms with van der Waals surface area (Å²) in [6.07, 6.45) is 0. The lowest BCUT2D eigenvalue weighted by atomic mass is 10.2. The zero-order valence-electron chi connectivity index (χ0n) is 7.78. The van der Waals surface area contributed by atoms with E-state index in [1.54, 1.807) is 24.3 Å². The van der Waals surface area contributed by atoms with Gasteiger partial charge in [-0.2, -0.15) is 0 Å². The summed E-state index contributed by atoms with van der Waals surface area (Å²) in [6, 6.07) is 9.69. The van der Waals surface area contributed by atoms with E-state index in [2.05, 4.69) is 6.07 Å². The molecular weight excluding hydrogens is 166 g/mol. The molecule has 0 heterocycles. The molecule has 3 heteroatoms. The molecule has 0 unspecified atom stereocenters. The molecule has 0 saturated carbocycles. The molecule has 1 rings (SSSR count). The Morgan fingerprint density at radius 3 is 2.62 bits per heavy atom. The zero-order chi connectivity index (χ0) is 9.68. The van der Waals surface area contributed by atoms with Gasteiger partial charge < -0.3 is 0 Å². The van der Waals surface area contributed by atoms with E-state index in [1.807, 2.05) is 6.92 Å². The van der Waals surface area contributed by atoms with Crippen LogP contribution in [0.3, 0.4) is 0 Å². The fraction of sp³-hybridized carbons (Fsp3) is 0.300. The number of amides is 1. The van der Waals surface area contributed by atoms with Crippen LogP contribution >= 0.6 is 0 Å². The molecular formula is C10H12NO2. The van der Waals surface area contributed by atoms with E-state index in [1.165, 1.54) is 12.2 Å². The second kappa shape index (κ2) is 4.62. The molecule has 0 aliphatic rings. The van der Waals surface area contributed by atoms with Crippen molar-refractivity contribution in [3.05, 3.63) is 35.9 Å². The molecule has 0 atom stereocenters.